The van der Waals surface area contributed by atoms with Gasteiger partial charge in [0.05, 0.1) is 4.92 Å². The van der Waals surface area contributed by atoms with Gasteiger partial charge in [-0.3, -0.25) is 10.1 Å². The maximum Gasteiger partial charge on any atom is 0.353 e. The summed E-state index contributed by atoms with van der Waals surface area (Å²) in [5.74, 6) is 0.501. The standard InChI is InChI=1S/C14H17N5O2/c1-10-4-6-11(7-5-10)8-15-13-12(19(20)21)14(18(2)3)17-9-16-13/h4-7,9H,8H2,1-3H3,(H,15,16,17). The summed E-state index contributed by atoms with van der Waals surface area (Å²) in [6.45, 7) is 2.47. The van der Waals surface area contributed by atoms with E-state index in [1.54, 1.807) is 19.0 Å². The SMILES string of the molecule is Cc1ccc(CNc2ncnc(N(C)C)c2[N+](=O)[O-])cc1. The average molecular weight is 287 g/mol. The smallest absolute Gasteiger partial charge is 0.353 e. The summed E-state index contributed by atoms with van der Waals surface area (Å²) in [6.07, 6.45) is 1.32. The Kier molecular flexibility index (Phi) is 4.32. The highest BCUT2D eigenvalue weighted by molar-refractivity contribution is 5.69. The van der Waals surface area contributed by atoms with Crippen LogP contribution in [0.4, 0.5) is 17.3 Å². The first-order chi connectivity index (χ1) is 9.99. The van der Waals surface area contributed by atoms with E-state index in [1.165, 1.54) is 11.9 Å². The summed E-state index contributed by atoms with van der Waals surface area (Å²) in [5, 5.41) is 14.3. The van der Waals surface area contributed by atoms with Crippen molar-refractivity contribution in [2.24, 2.45) is 0 Å². The predicted octanol–water partition coefficient (Wildman–Crippen LogP) is 2.37. The highest BCUT2D eigenvalue weighted by Crippen LogP contribution is 2.30. The number of nitrogens with zero attached hydrogens (tertiary/aromatic N) is 4. The first-order valence-electron chi connectivity index (χ1n) is 6.45. The van der Waals surface area contributed by atoms with Crippen LogP contribution in [0.3, 0.4) is 0 Å². The Balaban J connectivity index is 2.25. The van der Waals surface area contributed by atoms with Crippen molar-refractivity contribution in [2.45, 2.75) is 13.5 Å². The number of hydrogen-bond donors (Lipinski definition) is 1. The Labute approximate surface area is 122 Å². The lowest BCUT2D eigenvalue weighted by molar-refractivity contribution is -0.383. The largest absolute Gasteiger partial charge is 0.360 e. The van der Waals surface area contributed by atoms with Gasteiger partial charge in [-0.15, -0.1) is 0 Å². The molecule has 0 aliphatic heterocycles. The lowest BCUT2D eigenvalue weighted by Crippen LogP contribution is -2.15. The third-order valence-electron chi connectivity index (χ3n) is 2.99. The number of nitrogens with one attached hydrogen (secondary N) is 1. The van der Waals surface area contributed by atoms with E-state index < -0.39 is 4.92 Å². The summed E-state index contributed by atoms with van der Waals surface area (Å²) in [4.78, 5) is 20.3. The molecule has 0 fully saturated rings. The Morgan fingerprint density at radius 3 is 2.48 bits per heavy atom. The first kappa shape index (κ1) is 14.7. The van der Waals surface area contributed by atoms with Crippen LogP contribution in [0.15, 0.2) is 30.6 Å². The molecule has 1 N–H and O–H groups in total. The van der Waals surface area contributed by atoms with Gasteiger partial charge in [0, 0.05) is 20.6 Å². The third-order valence-corrected chi connectivity index (χ3v) is 2.99. The molecule has 1 aromatic heterocycles. The van der Waals surface area contributed by atoms with E-state index in [9.17, 15) is 10.1 Å². The molecule has 2 aromatic rings. The van der Waals surface area contributed by atoms with Crippen LogP contribution in [0.2, 0.25) is 0 Å². The van der Waals surface area contributed by atoms with Crippen molar-refractivity contribution in [2.75, 3.05) is 24.3 Å². The third kappa shape index (κ3) is 3.44. The minimum atomic E-state index is -0.465. The van der Waals surface area contributed by atoms with Crippen LogP contribution < -0.4 is 10.2 Å². The first-order valence-corrected chi connectivity index (χ1v) is 6.45. The molecule has 0 spiro atoms. The highest BCUT2D eigenvalue weighted by Gasteiger charge is 2.23. The molecule has 110 valence electrons. The molecule has 2 rings (SSSR count). The number of anilines is 2. The number of nitro groups is 1. The van der Waals surface area contributed by atoms with Gasteiger partial charge >= 0.3 is 5.69 Å². The van der Waals surface area contributed by atoms with Gasteiger partial charge in [0.25, 0.3) is 0 Å². The zero-order valence-electron chi connectivity index (χ0n) is 12.2. The average Bonchev–Trinajstić information content (AvgIpc) is 2.46. The van der Waals surface area contributed by atoms with Crippen LogP contribution in [0, 0.1) is 17.0 Å². The normalized spacial score (nSPS) is 10.2. The second-order valence-electron chi connectivity index (χ2n) is 4.89. The maximum absolute atomic E-state index is 11.3. The second kappa shape index (κ2) is 6.17. The summed E-state index contributed by atoms with van der Waals surface area (Å²) in [7, 11) is 3.41. The van der Waals surface area contributed by atoms with E-state index in [2.05, 4.69) is 15.3 Å². The van der Waals surface area contributed by atoms with Crippen molar-refractivity contribution in [1.29, 1.82) is 0 Å². The highest BCUT2D eigenvalue weighted by atomic mass is 16.6. The predicted molar refractivity (Wildman–Crippen MR) is 81.5 cm³/mol. The molecule has 7 nitrogen and oxygen atoms in total. The van der Waals surface area contributed by atoms with Crippen LogP contribution in [-0.4, -0.2) is 29.0 Å². The Morgan fingerprint density at radius 2 is 1.90 bits per heavy atom. The minimum Gasteiger partial charge on any atom is -0.360 e. The Hall–Kier alpha value is -2.70. The van der Waals surface area contributed by atoms with Crippen molar-refractivity contribution in [3.05, 3.63) is 51.8 Å². The number of benzene rings is 1. The molecule has 21 heavy (non-hydrogen) atoms. The summed E-state index contributed by atoms with van der Waals surface area (Å²) in [5.41, 5.74) is 2.08. The van der Waals surface area contributed by atoms with E-state index in [1.807, 2.05) is 31.2 Å². The van der Waals surface area contributed by atoms with Crippen LogP contribution in [-0.2, 0) is 6.54 Å². The van der Waals surface area contributed by atoms with Gasteiger partial charge in [-0.05, 0) is 12.5 Å². The van der Waals surface area contributed by atoms with E-state index in [4.69, 9.17) is 0 Å². The summed E-state index contributed by atoms with van der Waals surface area (Å²) < 4.78 is 0. The van der Waals surface area contributed by atoms with E-state index in [0.29, 0.717) is 6.54 Å². The van der Waals surface area contributed by atoms with E-state index in [0.717, 1.165) is 5.56 Å². The molecule has 0 bridgehead atoms. The topological polar surface area (TPSA) is 84.2 Å². The van der Waals surface area contributed by atoms with Crippen molar-refractivity contribution in [3.63, 3.8) is 0 Å². The molecule has 0 saturated carbocycles. The van der Waals surface area contributed by atoms with Gasteiger partial charge in [-0.1, -0.05) is 29.8 Å². The molecular weight excluding hydrogens is 270 g/mol. The number of hydrogen-bond acceptors (Lipinski definition) is 6. The van der Waals surface area contributed by atoms with Crippen LogP contribution in [0.5, 0.6) is 0 Å². The van der Waals surface area contributed by atoms with E-state index >= 15 is 0 Å². The van der Waals surface area contributed by atoms with Gasteiger partial charge in [0.2, 0.25) is 11.6 Å². The summed E-state index contributed by atoms with van der Waals surface area (Å²) >= 11 is 0. The molecular formula is C14H17N5O2. The number of aryl methyl sites for hydroxylation is 1. The van der Waals surface area contributed by atoms with Gasteiger partial charge in [-0.25, -0.2) is 9.97 Å². The molecule has 0 radical (unpaired) electrons. The van der Waals surface area contributed by atoms with Crippen LogP contribution >= 0.6 is 0 Å². The van der Waals surface area contributed by atoms with Crippen molar-refractivity contribution in [1.82, 2.24) is 9.97 Å². The minimum absolute atomic E-state index is 0.116. The van der Waals surface area contributed by atoms with Gasteiger partial charge in [-0.2, -0.15) is 0 Å². The van der Waals surface area contributed by atoms with Gasteiger partial charge < -0.3 is 10.2 Å². The van der Waals surface area contributed by atoms with Gasteiger partial charge in [0.15, 0.2) is 0 Å². The monoisotopic (exact) mass is 287 g/mol. The molecule has 0 aliphatic carbocycles. The maximum atomic E-state index is 11.3. The lowest BCUT2D eigenvalue weighted by atomic mass is 10.1. The number of rotatable bonds is 5. The van der Waals surface area contributed by atoms with Crippen molar-refractivity contribution < 1.29 is 4.92 Å². The number of aromatic nitrogens is 2. The zero-order valence-corrected chi connectivity index (χ0v) is 12.2. The molecule has 0 unspecified atom stereocenters. The molecule has 1 heterocycles. The van der Waals surface area contributed by atoms with Crippen molar-refractivity contribution >= 4 is 17.3 Å². The van der Waals surface area contributed by atoms with Crippen LogP contribution in [0.1, 0.15) is 11.1 Å². The second-order valence-corrected chi connectivity index (χ2v) is 4.89. The Morgan fingerprint density at radius 1 is 1.24 bits per heavy atom. The molecule has 0 atom stereocenters. The van der Waals surface area contributed by atoms with Crippen molar-refractivity contribution in [3.8, 4) is 0 Å². The fourth-order valence-corrected chi connectivity index (χ4v) is 1.89. The summed E-state index contributed by atoms with van der Waals surface area (Å²) in [6, 6.07) is 7.94. The lowest BCUT2D eigenvalue weighted by Gasteiger charge is -2.13. The Bertz CT molecular complexity index is 640. The fourth-order valence-electron chi connectivity index (χ4n) is 1.89. The molecule has 0 aliphatic rings. The quantitative estimate of drug-likeness (QED) is 0.671. The van der Waals surface area contributed by atoms with E-state index in [-0.39, 0.29) is 17.3 Å². The van der Waals surface area contributed by atoms with Gasteiger partial charge in [0.1, 0.15) is 6.33 Å². The molecule has 0 saturated heterocycles. The van der Waals surface area contributed by atoms with Crippen LogP contribution in [0.25, 0.3) is 0 Å². The molecule has 7 heteroatoms. The molecule has 1 aromatic carbocycles. The zero-order chi connectivity index (χ0) is 15.4. The molecule has 0 amide bonds. The fraction of sp³-hybridized carbons (Fsp3) is 0.286.